The van der Waals surface area contributed by atoms with Gasteiger partial charge in [-0.25, -0.2) is 4.39 Å². The van der Waals surface area contributed by atoms with Gasteiger partial charge in [-0.15, -0.1) is 0 Å². The molecule has 0 bridgehead atoms. The van der Waals surface area contributed by atoms with E-state index >= 15 is 0 Å². The predicted octanol–water partition coefficient (Wildman–Crippen LogP) is 4.10. The van der Waals surface area contributed by atoms with Crippen LogP contribution in [0.5, 0.6) is 0 Å². The first-order valence-electron chi connectivity index (χ1n) is 11.4. The number of likely N-dealkylation sites (tertiary alicyclic amines) is 1. The number of halogens is 4. The summed E-state index contributed by atoms with van der Waals surface area (Å²) in [5, 5.41) is 5.08. The van der Waals surface area contributed by atoms with Crippen LogP contribution in [0.1, 0.15) is 53.1 Å². The van der Waals surface area contributed by atoms with Gasteiger partial charge in [-0.3, -0.25) is 14.5 Å². The van der Waals surface area contributed by atoms with Gasteiger partial charge in [-0.1, -0.05) is 30.3 Å². The van der Waals surface area contributed by atoms with E-state index in [9.17, 15) is 27.2 Å². The zero-order valence-corrected chi connectivity index (χ0v) is 18.6. The lowest BCUT2D eigenvalue weighted by Crippen LogP contribution is -2.63. The van der Waals surface area contributed by atoms with Crippen LogP contribution in [0, 0.1) is 5.82 Å². The molecule has 2 aliphatic rings. The minimum absolute atomic E-state index is 0.0257. The molecule has 2 N–H and O–H groups in total. The molecule has 182 valence electrons. The lowest BCUT2D eigenvalue weighted by Gasteiger charge is -2.46. The molecule has 1 saturated carbocycles. The van der Waals surface area contributed by atoms with Crippen LogP contribution in [0.2, 0.25) is 0 Å². The summed E-state index contributed by atoms with van der Waals surface area (Å²) in [5.74, 6) is -1.94. The molecule has 34 heavy (non-hydrogen) atoms. The number of rotatable bonds is 6. The molecule has 1 saturated heterocycles. The third-order valence-corrected chi connectivity index (χ3v) is 6.66. The molecule has 0 atom stereocenters. The fourth-order valence-electron chi connectivity index (χ4n) is 4.83. The van der Waals surface area contributed by atoms with E-state index in [1.165, 1.54) is 5.56 Å². The normalized spacial score (nSPS) is 21.5. The first-order chi connectivity index (χ1) is 16.2. The Bertz CT molecular complexity index is 1010. The van der Waals surface area contributed by atoms with Crippen LogP contribution in [0.3, 0.4) is 0 Å². The second-order valence-corrected chi connectivity index (χ2v) is 9.04. The summed E-state index contributed by atoms with van der Waals surface area (Å²) in [4.78, 5) is 26.6. The number of nitrogens with one attached hydrogen (secondary N) is 2. The number of nitrogens with zero attached hydrogens (tertiary/aromatic N) is 1. The maximum Gasteiger partial charge on any atom is 0.416 e. The Balaban J connectivity index is 1.17. The molecule has 0 aromatic heterocycles. The zero-order chi connectivity index (χ0) is 24.3. The minimum Gasteiger partial charge on any atom is -0.349 e. The topological polar surface area (TPSA) is 61.4 Å². The highest BCUT2D eigenvalue weighted by Crippen LogP contribution is 2.36. The lowest BCUT2D eigenvalue weighted by molar-refractivity contribution is -0.137. The van der Waals surface area contributed by atoms with Crippen molar-refractivity contribution in [3.63, 3.8) is 0 Å². The highest BCUT2D eigenvalue weighted by molar-refractivity contribution is 5.96. The SMILES string of the molecule is O=C(CNC(=O)c1cc(F)cc(C(F)(F)F)c1)NC1CN(C2CCC(c3ccccc3)CC2)C1. The van der Waals surface area contributed by atoms with Gasteiger partial charge in [0.1, 0.15) is 5.82 Å². The van der Waals surface area contributed by atoms with Crippen molar-refractivity contribution in [1.82, 2.24) is 15.5 Å². The largest absolute Gasteiger partial charge is 0.416 e. The third-order valence-electron chi connectivity index (χ3n) is 6.66. The van der Waals surface area contributed by atoms with E-state index in [0.29, 0.717) is 30.2 Å². The van der Waals surface area contributed by atoms with Gasteiger partial charge in [0.2, 0.25) is 5.91 Å². The van der Waals surface area contributed by atoms with E-state index in [4.69, 9.17) is 0 Å². The molecule has 9 heteroatoms. The van der Waals surface area contributed by atoms with Crippen molar-refractivity contribution < 1.29 is 27.2 Å². The third kappa shape index (κ3) is 5.94. The van der Waals surface area contributed by atoms with Gasteiger partial charge in [0.15, 0.2) is 0 Å². The molecule has 4 rings (SSSR count). The molecule has 1 heterocycles. The first kappa shape index (κ1) is 24.2. The van der Waals surface area contributed by atoms with Crippen LogP contribution in [0.4, 0.5) is 17.6 Å². The number of benzene rings is 2. The van der Waals surface area contributed by atoms with Gasteiger partial charge in [-0.05, 0) is 55.4 Å². The van der Waals surface area contributed by atoms with E-state index in [1.54, 1.807) is 0 Å². The predicted molar refractivity (Wildman–Crippen MR) is 119 cm³/mol. The summed E-state index contributed by atoms with van der Waals surface area (Å²) in [6.07, 6.45) is -0.256. The van der Waals surface area contributed by atoms with E-state index in [-0.39, 0.29) is 6.04 Å². The summed E-state index contributed by atoms with van der Waals surface area (Å²) in [6, 6.07) is 12.6. The van der Waals surface area contributed by atoms with Crippen molar-refractivity contribution >= 4 is 11.8 Å². The molecule has 1 aliphatic heterocycles. The van der Waals surface area contributed by atoms with Crippen molar-refractivity contribution in [3.8, 4) is 0 Å². The highest BCUT2D eigenvalue weighted by Gasteiger charge is 2.35. The maximum absolute atomic E-state index is 13.5. The molecule has 2 aromatic carbocycles. The molecule has 5 nitrogen and oxygen atoms in total. The van der Waals surface area contributed by atoms with Gasteiger partial charge < -0.3 is 10.6 Å². The van der Waals surface area contributed by atoms with Crippen LogP contribution in [-0.4, -0.2) is 48.4 Å². The first-order valence-corrected chi connectivity index (χ1v) is 11.4. The number of carbonyl (C=O) groups excluding carboxylic acids is 2. The molecule has 0 spiro atoms. The van der Waals surface area contributed by atoms with Crippen molar-refractivity contribution in [3.05, 3.63) is 71.0 Å². The van der Waals surface area contributed by atoms with E-state index in [0.717, 1.165) is 38.8 Å². The van der Waals surface area contributed by atoms with E-state index < -0.39 is 41.5 Å². The zero-order valence-electron chi connectivity index (χ0n) is 18.6. The van der Waals surface area contributed by atoms with Crippen LogP contribution in [0.25, 0.3) is 0 Å². The van der Waals surface area contributed by atoms with Gasteiger partial charge in [0.25, 0.3) is 5.91 Å². The summed E-state index contributed by atoms with van der Waals surface area (Å²) in [7, 11) is 0. The number of hydrogen-bond donors (Lipinski definition) is 2. The number of carbonyl (C=O) groups is 2. The van der Waals surface area contributed by atoms with Gasteiger partial charge in [-0.2, -0.15) is 13.2 Å². The maximum atomic E-state index is 13.5. The Hall–Kier alpha value is -2.94. The second-order valence-electron chi connectivity index (χ2n) is 9.04. The fraction of sp³-hybridized carbons (Fsp3) is 0.440. The Kier molecular flexibility index (Phi) is 7.21. The van der Waals surface area contributed by atoms with Gasteiger partial charge in [0.05, 0.1) is 18.2 Å². The smallest absolute Gasteiger partial charge is 0.349 e. The van der Waals surface area contributed by atoms with Gasteiger partial charge in [0, 0.05) is 24.7 Å². The van der Waals surface area contributed by atoms with Crippen molar-refractivity contribution in [2.24, 2.45) is 0 Å². The Morgan fingerprint density at radius 2 is 1.65 bits per heavy atom. The molecule has 2 aromatic rings. The average Bonchev–Trinajstić information content (AvgIpc) is 2.79. The average molecular weight is 478 g/mol. The number of alkyl halides is 3. The van der Waals surface area contributed by atoms with Crippen LogP contribution in [-0.2, 0) is 11.0 Å². The molecule has 0 radical (unpaired) electrons. The highest BCUT2D eigenvalue weighted by atomic mass is 19.4. The molecule has 0 unspecified atom stereocenters. The molecule has 2 amide bonds. The monoisotopic (exact) mass is 477 g/mol. The molecule has 2 fully saturated rings. The van der Waals surface area contributed by atoms with Crippen molar-refractivity contribution in [2.45, 2.75) is 49.9 Å². The fourth-order valence-corrected chi connectivity index (χ4v) is 4.83. The van der Waals surface area contributed by atoms with Crippen molar-refractivity contribution in [1.29, 1.82) is 0 Å². The number of amides is 2. The summed E-state index contributed by atoms with van der Waals surface area (Å²) < 4.78 is 51.9. The summed E-state index contributed by atoms with van der Waals surface area (Å²) in [6.45, 7) is 1.08. The Labute approximate surface area is 195 Å². The summed E-state index contributed by atoms with van der Waals surface area (Å²) >= 11 is 0. The second kappa shape index (κ2) is 10.1. The van der Waals surface area contributed by atoms with E-state index in [2.05, 4.69) is 39.8 Å². The number of hydrogen-bond acceptors (Lipinski definition) is 3. The van der Waals surface area contributed by atoms with E-state index in [1.807, 2.05) is 6.07 Å². The van der Waals surface area contributed by atoms with Crippen LogP contribution in [0.15, 0.2) is 48.5 Å². The van der Waals surface area contributed by atoms with Crippen molar-refractivity contribution in [2.75, 3.05) is 19.6 Å². The minimum atomic E-state index is -4.77. The molecular formula is C25H27F4N3O2. The lowest BCUT2D eigenvalue weighted by atomic mass is 9.80. The standard InChI is InChI=1S/C25H27F4N3O2/c26-20-11-18(10-19(12-20)25(27,28)29)24(34)30-13-23(33)31-21-14-32(15-21)22-8-6-17(7-9-22)16-4-2-1-3-5-16/h1-5,10-12,17,21-22H,6-9,13-15H2,(H,30,34)(H,31,33). The quantitative estimate of drug-likeness (QED) is 0.616. The summed E-state index contributed by atoms with van der Waals surface area (Å²) in [5.41, 5.74) is -0.347. The van der Waals surface area contributed by atoms with Crippen LogP contribution >= 0.6 is 0 Å². The molecule has 1 aliphatic carbocycles. The Morgan fingerprint density at radius 1 is 0.971 bits per heavy atom. The van der Waals surface area contributed by atoms with Crippen LogP contribution < -0.4 is 10.6 Å². The molecular weight excluding hydrogens is 450 g/mol. The Morgan fingerprint density at radius 3 is 2.29 bits per heavy atom. The van der Waals surface area contributed by atoms with Gasteiger partial charge >= 0.3 is 6.18 Å².